The average Bonchev–Trinajstić information content (AvgIpc) is 2.87. The summed E-state index contributed by atoms with van der Waals surface area (Å²) < 4.78 is 0. The molecule has 0 aromatic carbocycles. The van der Waals surface area contributed by atoms with Gasteiger partial charge in [-0.3, -0.25) is 9.89 Å². The van der Waals surface area contributed by atoms with Crippen molar-refractivity contribution in [3.63, 3.8) is 0 Å². The van der Waals surface area contributed by atoms with Crippen molar-refractivity contribution in [2.24, 2.45) is 0 Å². The second-order valence-corrected chi connectivity index (χ2v) is 5.32. The number of likely N-dealkylation sites (N-methyl/N-ethyl adjacent to an activating group) is 1. The summed E-state index contributed by atoms with van der Waals surface area (Å²) in [5, 5.41) is 11.1. The number of aryl methyl sites for hydroxylation is 1. The monoisotopic (exact) mass is 345 g/mol. The van der Waals surface area contributed by atoms with Gasteiger partial charge in [-0.05, 0) is 32.9 Å². The van der Waals surface area contributed by atoms with E-state index in [9.17, 15) is 4.79 Å². The molecule has 1 saturated heterocycles. The maximum atomic E-state index is 12.6. The lowest BCUT2D eigenvalue weighted by Crippen LogP contribution is -2.46. The molecule has 1 aliphatic rings. The van der Waals surface area contributed by atoms with Crippen molar-refractivity contribution in [2.75, 3.05) is 20.1 Å². The Balaban J connectivity index is 0.00000121. The molecule has 22 heavy (non-hydrogen) atoms. The van der Waals surface area contributed by atoms with Crippen LogP contribution in [0, 0.1) is 6.92 Å². The SMILES string of the molecule is CNC1CCCN(C(=O)c2cnc3n[nH]c(C)c3c2)C1.Cl.Cl. The minimum absolute atomic E-state index is 0. The third-order valence-electron chi connectivity index (χ3n) is 3.96. The molecule has 0 spiro atoms. The van der Waals surface area contributed by atoms with E-state index in [0.29, 0.717) is 17.3 Å². The lowest BCUT2D eigenvalue weighted by Gasteiger charge is -2.32. The number of H-pyrrole nitrogens is 1. The lowest BCUT2D eigenvalue weighted by molar-refractivity contribution is 0.0698. The van der Waals surface area contributed by atoms with Crippen LogP contribution in [0.5, 0.6) is 0 Å². The van der Waals surface area contributed by atoms with Crippen LogP contribution >= 0.6 is 24.8 Å². The molecule has 6 nitrogen and oxygen atoms in total. The number of fused-ring (bicyclic) bond motifs is 1. The Morgan fingerprint density at radius 1 is 1.45 bits per heavy atom. The summed E-state index contributed by atoms with van der Waals surface area (Å²) in [5.74, 6) is 0.0555. The standard InChI is InChI=1S/C14H19N5O.2ClH/c1-9-12-6-10(7-16-13(12)18-17-9)14(20)19-5-3-4-11(8-19)15-2;;/h6-7,11,15H,3-5,8H2,1-2H3,(H,16,17,18);2*1H. The molecule has 2 aromatic heterocycles. The van der Waals surface area contributed by atoms with E-state index in [4.69, 9.17) is 0 Å². The van der Waals surface area contributed by atoms with Crippen LogP contribution in [0.15, 0.2) is 12.3 Å². The van der Waals surface area contributed by atoms with E-state index in [1.165, 1.54) is 0 Å². The highest BCUT2D eigenvalue weighted by molar-refractivity contribution is 5.97. The van der Waals surface area contributed by atoms with Crippen LogP contribution in [0.1, 0.15) is 28.9 Å². The Morgan fingerprint density at radius 2 is 2.23 bits per heavy atom. The van der Waals surface area contributed by atoms with Crippen LogP contribution in [0.4, 0.5) is 0 Å². The Morgan fingerprint density at radius 3 is 2.95 bits per heavy atom. The molecule has 0 bridgehead atoms. The molecule has 1 atom stereocenters. The molecule has 1 unspecified atom stereocenters. The van der Waals surface area contributed by atoms with Crippen molar-refractivity contribution < 1.29 is 4.79 Å². The van der Waals surface area contributed by atoms with E-state index in [-0.39, 0.29) is 30.7 Å². The van der Waals surface area contributed by atoms with Crippen molar-refractivity contribution >= 4 is 41.8 Å². The Kier molecular flexibility index (Phi) is 6.59. The Hall–Kier alpha value is -1.37. The molecule has 1 fully saturated rings. The van der Waals surface area contributed by atoms with Crippen molar-refractivity contribution in [3.05, 3.63) is 23.5 Å². The van der Waals surface area contributed by atoms with Gasteiger partial charge in [-0.2, -0.15) is 5.10 Å². The second-order valence-electron chi connectivity index (χ2n) is 5.32. The number of rotatable bonds is 2. The molecule has 1 amide bonds. The molecule has 0 saturated carbocycles. The molecule has 3 heterocycles. The van der Waals surface area contributed by atoms with Gasteiger partial charge in [0, 0.05) is 36.4 Å². The van der Waals surface area contributed by atoms with Crippen LogP contribution in [-0.4, -0.2) is 52.2 Å². The number of halogens is 2. The van der Waals surface area contributed by atoms with Crippen molar-refractivity contribution in [3.8, 4) is 0 Å². The van der Waals surface area contributed by atoms with E-state index in [1.54, 1.807) is 6.20 Å². The number of piperidine rings is 1. The van der Waals surface area contributed by atoms with Crippen LogP contribution in [0.3, 0.4) is 0 Å². The van der Waals surface area contributed by atoms with Gasteiger partial charge < -0.3 is 10.2 Å². The molecule has 0 radical (unpaired) electrons. The van der Waals surface area contributed by atoms with Gasteiger partial charge in [0.25, 0.3) is 5.91 Å². The Bertz CT molecular complexity index is 645. The number of hydrogen-bond acceptors (Lipinski definition) is 4. The van der Waals surface area contributed by atoms with Gasteiger partial charge in [0.1, 0.15) is 0 Å². The van der Waals surface area contributed by atoms with Gasteiger partial charge in [-0.1, -0.05) is 0 Å². The fourth-order valence-electron chi connectivity index (χ4n) is 2.72. The normalized spacial score (nSPS) is 17.7. The first kappa shape index (κ1) is 18.7. The smallest absolute Gasteiger partial charge is 0.255 e. The minimum atomic E-state index is 0. The lowest BCUT2D eigenvalue weighted by atomic mass is 10.0. The quantitative estimate of drug-likeness (QED) is 0.872. The highest BCUT2D eigenvalue weighted by Crippen LogP contribution is 2.18. The molecule has 8 heteroatoms. The molecule has 3 rings (SSSR count). The topological polar surface area (TPSA) is 73.9 Å². The molecule has 2 aromatic rings. The summed E-state index contributed by atoms with van der Waals surface area (Å²) >= 11 is 0. The zero-order chi connectivity index (χ0) is 14.1. The fourth-order valence-corrected chi connectivity index (χ4v) is 2.72. The van der Waals surface area contributed by atoms with Crippen molar-refractivity contribution in [1.29, 1.82) is 0 Å². The Labute approximate surface area is 141 Å². The van der Waals surface area contributed by atoms with Crippen LogP contribution in [0.2, 0.25) is 0 Å². The van der Waals surface area contributed by atoms with E-state index < -0.39 is 0 Å². The summed E-state index contributed by atoms with van der Waals surface area (Å²) in [7, 11) is 1.95. The van der Waals surface area contributed by atoms with E-state index in [2.05, 4.69) is 20.5 Å². The summed E-state index contributed by atoms with van der Waals surface area (Å²) in [4.78, 5) is 18.7. The number of nitrogens with zero attached hydrogens (tertiary/aromatic N) is 3. The number of carbonyl (C=O) groups is 1. The third-order valence-corrected chi connectivity index (χ3v) is 3.96. The van der Waals surface area contributed by atoms with Crippen LogP contribution in [0.25, 0.3) is 11.0 Å². The number of hydrogen-bond donors (Lipinski definition) is 2. The van der Waals surface area contributed by atoms with E-state index >= 15 is 0 Å². The van der Waals surface area contributed by atoms with Gasteiger partial charge >= 0.3 is 0 Å². The number of likely N-dealkylation sites (tertiary alicyclic amines) is 1. The van der Waals surface area contributed by atoms with E-state index in [0.717, 1.165) is 37.0 Å². The van der Waals surface area contributed by atoms with Gasteiger partial charge in [0.2, 0.25) is 0 Å². The predicted molar refractivity (Wildman–Crippen MR) is 91.1 cm³/mol. The van der Waals surface area contributed by atoms with E-state index in [1.807, 2.05) is 24.9 Å². The maximum absolute atomic E-state index is 12.6. The number of carbonyl (C=O) groups excluding carboxylic acids is 1. The number of nitrogens with one attached hydrogen (secondary N) is 2. The van der Waals surface area contributed by atoms with Crippen LogP contribution in [-0.2, 0) is 0 Å². The minimum Gasteiger partial charge on any atom is -0.337 e. The maximum Gasteiger partial charge on any atom is 0.255 e. The van der Waals surface area contributed by atoms with Gasteiger partial charge in [0.15, 0.2) is 5.65 Å². The highest BCUT2D eigenvalue weighted by atomic mass is 35.5. The molecular weight excluding hydrogens is 325 g/mol. The summed E-state index contributed by atoms with van der Waals surface area (Å²) in [6.07, 6.45) is 3.78. The van der Waals surface area contributed by atoms with Crippen LogP contribution < -0.4 is 5.32 Å². The molecule has 1 aliphatic heterocycles. The number of aromatic nitrogens is 3. The molecule has 2 N–H and O–H groups in total. The van der Waals surface area contributed by atoms with Crippen molar-refractivity contribution in [1.82, 2.24) is 25.4 Å². The molecular formula is C14H21Cl2N5O. The fraction of sp³-hybridized carbons (Fsp3) is 0.500. The first-order valence-electron chi connectivity index (χ1n) is 6.96. The summed E-state index contributed by atoms with van der Waals surface area (Å²) in [6.45, 7) is 3.51. The number of aromatic amines is 1. The summed E-state index contributed by atoms with van der Waals surface area (Å²) in [5.41, 5.74) is 2.23. The predicted octanol–water partition coefficient (Wildman–Crippen LogP) is 1.93. The zero-order valence-corrected chi connectivity index (χ0v) is 14.3. The largest absolute Gasteiger partial charge is 0.337 e. The van der Waals surface area contributed by atoms with Crippen molar-refractivity contribution in [2.45, 2.75) is 25.8 Å². The molecule has 122 valence electrons. The second kappa shape index (κ2) is 7.76. The average molecular weight is 346 g/mol. The molecule has 0 aliphatic carbocycles. The first-order valence-corrected chi connectivity index (χ1v) is 6.96. The number of amides is 1. The first-order chi connectivity index (χ1) is 9.69. The highest BCUT2D eigenvalue weighted by Gasteiger charge is 2.24. The third kappa shape index (κ3) is 3.51. The number of pyridine rings is 1. The van der Waals surface area contributed by atoms with Gasteiger partial charge in [-0.15, -0.1) is 24.8 Å². The van der Waals surface area contributed by atoms with Gasteiger partial charge in [0.05, 0.1) is 5.56 Å². The van der Waals surface area contributed by atoms with Gasteiger partial charge in [-0.25, -0.2) is 4.98 Å². The zero-order valence-electron chi connectivity index (χ0n) is 12.6. The summed E-state index contributed by atoms with van der Waals surface area (Å²) in [6, 6.07) is 2.27.